The van der Waals surface area contributed by atoms with Gasteiger partial charge in [-0.1, -0.05) is 23.7 Å². The maximum atomic E-state index is 13.4. The molecule has 2 aliphatic rings. The second-order valence-electron chi connectivity index (χ2n) is 9.38. The lowest BCUT2D eigenvalue weighted by Crippen LogP contribution is -2.24. The van der Waals surface area contributed by atoms with Gasteiger partial charge in [0.2, 0.25) is 0 Å². The molecule has 12 heteroatoms. The Bertz CT molecular complexity index is 1390. The van der Waals surface area contributed by atoms with E-state index in [2.05, 4.69) is 24.0 Å². The van der Waals surface area contributed by atoms with E-state index in [1.165, 1.54) is 12.5 Å². The van der Waals surface area contributed by atoms with Gasteiger partial charge in [0, 0.05) is 41.1 Å². The number of carbonyl (C=O) groups is 1. The summed E-state index contributed by atoms with van der Waals surface area (Å²) in [5.41, 5.74) is 1.72. The van der Waals surface area contributed by atoms with Crippen LogP contribution in [-0.4, -0.2) is 52.6 Å². The molecular formula is C24H26ClN5O5S. The van der Waals surface area contributed by atoms with Crippen molar-refractivity contribution in [1.29, 1.82) is 0 Å². The summed E-state index contributed by atoms with van der Waals surface area (Å²) in [6, 6.07) is 9.32. The van der Waals surface area contributed by atoms with Gasteiger partial charge in [0.1, 0.15) is 12.1 Å². The van der Waals surface area contributed by atoms with Crippen LogP contribution in [0.3, 0.4) is 0 Å². The Hall–Kier alpha value is -2.83. The maximum absolute atomic E-state index is 13.4. The van der Waals surface area contributed by atoms with Crippen molar-refractivity contribution < 1.29 is 22.5 Å². The monoisotopic (exact) mass is 531 g/mol. The van der Waals surface area contributed by atoms with Gasteiger partial charge in [-0.2, -0.15) is 8.42 Å². The minimum Gasteiger partial charge on any atom is -0.393 e. The van der Waals surface area contributed by atoms with E-state index in [1.54, 1.807) is 6.07 Å². The fraction of sp³-hybridized carbons (Fsp3) is 0.375. The molecule has 0 amide bonds. The zero-order valence-electron chi connectivity index (χ0n) is 19.2. The number of nitrogens with one attached hydrogen (secondary N) is 1. The number of hydrogen-bond acceptors (Lipinski definition) is 8. The van der Waals surface area contributed by atoms with Crippen LogP contribution < -0.4 is 10.5 Å². The van der Waals surface area contributed by atoms with Crippen LogP contribution >= 0.6 is 11.6 Å². The van der Waals surface area contributed by atoms with Gasteiger partial charge in [0.05, 0.1) is 23.8 Å². The molecule has 2 aromatic heterocycles. The number of aromatic nitrogens is 3. The minimum atomic E-state index is -4.09. The van der Waals surface area contributed by atoms with E-state index >= 15 is 0 Å². The van der Waals surface area contributed by atoms with E-state index < -0.39 is 22.3 Å². The molecule has 3 atom stereocenters. The average Bonchev–Trinajstić information content (AvgIpc) is 3.35. The molecule has 0 unspecified atom stereocenters. The maximum Gasteiger partial charge on any atom is 0.333 e. The summed E-state index contributed by atoms with van der Waals surface area (Å²) in [6.07, 6.45) is 8.45. The lowest BCUT2D eigenvalue weighted by molar-refractivity contribution is 0.101. The van der Waals surface area contributed by atoms with Crippen molar-refractivity contribution in [3.05, 3.63) is 77.0 Å². The minimum absolute atomic E-state index is 0.203. The number of halogens is 1. The number of benzene rings is 1. The Kier molecular flexibility index (Phi) is 6.60. The normalized spacial score (nSPS) is 22.9. The van der Waals surface area contributed by atoms with Crippen molar-refractivity contribution in [2.45, 2.75) is 43.4 Å². The Morgan fingerprint density at radius 2 is 2.11 bits per heavy atom. The lowest BCUT2D eigenvalue weighted by Gasteiger charge is -2.18. The number of rotatable bonds is 9. The molecule has 2 heterocycles. The van der Waals surface area contributed by atoms with Crippen LogP contribution in [0.2, 0.25) is 5.02 Å². The Balaban J connectivity index is 1.32. The summed E-state index contributed by atoms with van der Waals surface area (Å²) < 4.78 is 28.9. The highest BCUT2D eigenvalue weighted by atomic mass is 35.5. The van der Waals surface area contributed by atoms with Crippen LogP contribution in [0.15, 0.2) is 55.2 Å². The van der Waals surface area contributed by atoms with Crippen LogP contribution in [0.5, 0.6) is 0 Å². The van der Waals surface area contributed by atoms with E-state index in [9.17, 15) is 18.3 Å². The third-order valence-electron chi connectivity index (χ3n) is 6.94. The first kappa shape index (κ1) is 24.8. The van der Waals surface area contributed by atoms with Crippen LogP contribution in [0.25, 0.3) is 0 Å². The van der Waals surface area contributed by atoms with Gasteiger partial charge in [-0.25, -0.2) is 15.1 Å². The predicted molar refractivity (Wildman–Crippen MR) is 133 cm³/mol. The van der Waals surface area contributed by atoms with Crippen LogP contribution in [-0.2, 0) is 20.0 Å². The molecule has 2 fully saturated rings. The fourth-order valence-electron chi connectivity index (χ4n) is 4.93. The zero-order chi connectivity index (χ0) is 25.5. The van der Waals surface area contributed by atoms with Gasteiger partial charge in [0.25, 0.3) is 0 Å². The SMILES string of the molecule is NS(=O)(=O)OC[C@H]1C[C@@H](Nc2ncncc2C(=O)c2ccn(C3(c4cccc(Cl)c4)CC3)c2)C[C@@H]1O. The third-order valence-corrected chi connectivity index (χ3v) is 7.64. The third kappa shape index (κ3) is 5.16. The van der Waals surface area contributed by atoms with Crippen molar-refractivity contribution in [1.82, 2.24) is 14.5 Å². The molecule has 1 aromatic carbocycles. The molecule has 3 aromatic rings. The molecule has 10 nitrogen and oxygen atoms in total. The van der Waals surface area contributed by atoms with Gasteiger partial charge < -0.3 is 15.0 Å². The van der Waals surface area contributed by atoms with Crippen LogP contribution in [0.4, 0.5) is 5.82 Å². The van der Waals surface area contributed by atoms with Crippen molar-refractivity contribution in [2.75, 3.05) is 11.9 Å². The summed E-state index contributed by atoms with van der Waals surface area (Å²) in [5.74, 6) is -0.299. The predicted octanol–water partition coefficient (Wildman–Crippen LogP) is 2.47. The van der Waals surface area contributed by atoms with Gasteiger partial charge in [-0.3, -0.25) is 8.98 Å². The molecule has 2 aliphatic carbocycles. The summed E-state index contributed by atoms with van der Waals surface area (Å²) >= 11 is 6.21. The Morgan fingerprint density at radius 3 is 2.83 bits per heavy atom. The number of aliphatic hydroxyl groups excluding tert-OH is 1. The number of aliphatic hydroxyl groups is 1. The van der Waals surface area contributed by atoms with Crippen LogP contribution in [0, 0.1) is 5.92 Å². The highest BCUT2D eigenvalue weighted by molar-refractivity contribution is 7.84. The first-order valence-electron chi connectivity index (χ1n) is 11.6. The van der Waals surface area contributed by atoms with Crippen molar-refractivity contribution >= 4 is 33.5 Å². The second-order valence-corrected chi connectivity index (χ2v) is 11.0. The number of nitrogens with zero attached hydrogens (tertiary/aromatic N) is 3. The van der Waals surface area contributed by atoms with E-state index in [0.717, 1.165) is 18.4 Å². The standard InChI is InChI=1S/C24H26ClN5O5S/c25-18-3-1-2-17(9-18)24(5-6-24)30-7-4-15(12-30)22(32)20-11-27-14-28-23(20)29-19-8-16(21(31)10-19)13-35-36(26,33)34/h1-4,7,9,11-12,14,16,19,21,31H,5-6,8,10,13H2,(H2,26,33,34)(H,27,28,29)/t16-,19-,21+/m1/s1. The summed E-state index contributed by atoms with van der Waals surface area (Å²) in [4.78, 5) is 21.7. The quantitative estimate of drug-likeness (QED) is 0.356. The van der Waals surface area contributed by atoms with E-state index in [0.29, 0.717) is 34.8 Å². The number of nitrogens with two attached hydrogens (primary N) is 1. The molecule has 4 N–H and O–H groups in total. The molecule has 5 rings (SSSR count). The topological polar surface area (TPSA) is 149 Å². The average molecular weight is 532 g/mol. The number of carbonyl (C=O) groups excluding carboxylic acids is 1. The molecular weight excluding hydrogens is 506 g/mol. The molecule has 0 aliphatic heterocycles. The van der Waals surface area contributed by atoms with Crippen molar-refractivity contribution in [2.24, 2.45) is 11.1 Å². The highest BCUT2D eigenvalue weighted by Gasteiger charge is 2.46. The summed E-state index contributed by atoms with van der Waals surface area (Å²) in [6.45, 7) is -0.213. The van der Waals surface area contributed by atoms with Gasteiger partial charge in [-0.05, 0) is 49.4 Å². The molecule has 0 spiro atoms. The highest BCUT2D eigenvalue weighted by Crippen LogP contribution is 2.50. The first-order chi connectivity index (χ1) is 17.1. The molecule has 0 bridgehead atoms. The van der Waals surface area contributed by atoms with Gasteiger partial charge >= 0.3 is 10.3 Å². The molecule has 0 saturated heterocycles. The van der Waals surface area contributed by atoms with E-state index in [-0.39, 0.29) is 24.0 Å². The fourth-order valence-corrected chi connectivity index (χ4v) is 5.49. The lowest BCUT2D eigenvalue weighted by atomic mass is 10.0. The van der Waals surface area contributed by atoms with Crippen molar-refractivity contribution in [3.63, 3.8) is 0 Å². The van der Waals surface area contributed by atoms with Gasteiger partial charge in [-0.15, -0.1) is 0 Å². The summed E-state index contributed by atoms with van der Waals surface area (Å²) in [7, 11) is -4.09. The second kappa shape index (κ2) is 9.56. The molecule has 190 valence electrons. The number of anilines is 1. The molecule has 2 saturated carbocycles. The van der Waals surface area contributed by atoms with Gasteiger partial charge in [0.15, 0.2) is 5.78 Å². The number of ketones is 1. The molecule has 0 radical (unpaired) electrons. The Labute approximate surface area is 213 Å². The first-order valence-corrected chi connectivity index (χ1v) is 13.4. The Morgan fingerprint density at radius 1 is 1.31 bits per heavy atom. The van der Waals surface area contributed by atoms with Crippen molar-refractivity contribution in [3.8, 4) is 0 Å². The molecule has 36 heavy (non-hydrogen) atoms. The largest absolute Gasteiger partial charge is 0.393 e. The van der Waals surface area contributed by atoms with E-state index in [4.69, 9.17) is 16.7 Å². The van der Waals surface area contributed by atoms with E-state index in [1.807, 2.05) is 36.7 Å². The smallest absolute Gasteiger partial charge is 0.333 e. The summed E-state index contributed by atoms with van der Waals surface area (Å²) in [5, 5.41) is 19.1. The number of hydrogen-bond donors (Lipinski definition) is 3. The zero-order valence-corrected chi connectivity index (χ0v) is 20.8. The van der Waals surface area contributed by atoms with Crippen LogP contribution in [0.1, 0.15) is 47.2 Å².